The number of phenolic OH excluding ortho intramolecular Hbond substituents is 1. The van der Waals surface area contributed by atoms with Crippen LogP contribution in [0.15, 0.2) is 53.5 Å². The lowest BCUT2D eigenvalue weighted by Gasteiger charge is -2.14. The number of guanidine groups is 1. The monoisotopic (exact) mass is 527 g/mol. The molecule has 1 unspecified atom stereocenters. The predicted octanol–water partition coefficient (Wildman–Crippen LogP) is 4.02. The van der Waals surface area contributed by atoms with Gasteiger partial charge in [-0.15, -0.1) is 35.3 Å². The molecule has 0 saturated heterocycles. The van der Waals surface area contributed by atoms with Gasteiger partial charge in [-0.3, -0.25) is 0 Å². The maximum absolute atomic E-state index is 10.5. The summed E-state index contributed by atoms with van der Waals surface area (Å²) in [5.41, 5.74) is 0.862. The summed E-state index contributed by atoms with van der Waals surface area (Å²) in [7, 11) is 1.52. The van der Waals surface area contributed by atoms with E-state index in [-0.39, 0.29) is 29.7 Å². The molecule has 0 aliphatic rings. The van der Waals surface area contributed by atoms with E-state index in [1.165, 1.54) is 7.11 Å². The van der Waals surface area contributed by atoms with Crippen LogP contribution in [0.25, 0.3) is 10.1 Å². The van der Waals surface area contributed by atoms with Crippen molar-refractivity contribution in [3.8, 4) is 11.5 Å². The Balaban J connectivity index is 0.00000300. The highest BCUT2D eigenvalue weighted by atomic mass is 127. The molecule has 1 heterocycles. The number of aromatic hydroxyl groups is 1. The van der Waals surface area contributed by atoms with E-state index < -0.39 is 6.10 Å². The Morgan fingerprint density at radius 2 is 1.97 bits per heavy atom. The number of methoxy groups -OCH3 is 1. The average molecular weight is 527 g/mol. The van der Waals surface area contributed by atoms with Crippen molar-refractivity contribution in [2.24, 2.45) is 4.99 Å². The van der Waals surface area contributed by atoms with Crippen LogP contribution in [0.4, 0.5) is 0 Å². The first-order chi connectivity index (χ1) is 13.6. The summed E-state index contributed by atoms with van der Waals surface area (Å²) in [6, 6.07) is 15.3. The highest BCUT2D eigenvalue weighted by Gasteiger charge is 2.12. The van der Waals surface area contributed by atoms with Gasteiger partial charge in [0.05, 0.1) is 13.7 Å². The number of nitrogens with one attached hydrogen (secondary N) is 2. The molecule has 8 heteroatoms. The minimum absolute atomic E-state index is 0. The first-order valence-corrected chi connectivity index (χ1v) is 9.97. The summed E-state index contributed by atoms with van der Waals surface area (Å²) in [5, 5.41) is 27.9. The lowest BCUT2D eigenvalue weighted by molar-refractivity contribution is 0.184. The van der Waals surface area contributed by atoms with Crippen molar-refractivity contribution in [3.63, 3.8) is 0 Å². The maximum atomic E-state index is 10.5. The van der Waals surface area contributed by atoms with Crippen LogP contribution in [0.5, 0.6) is 11.5 Å². The number of nitrogens with zero attached hydrogens (tertiary/aromatic N) is 1. The standard InChI is InChI=1S/C21H25N3O3S.HI/c1-3-22-21(23-12-14-8-9-18(27-2)16(25)10-14)24-13-17(26)20-11-15-6-4-5-7-19(15)28-20;/h4-11,17,25-26H,3,12-13H2,1-2H3,(H2,22,23,24);1H. The van der Waals surface area contributed by atoms with E-state index in [0.717, 1.165) is 20.5 Å². The molecule has 2 aromatic carbocycles. The average Bonchev–Trinajstić information content (AvgIpc) is 3.14. The Kier molecular flexibility index (Phi) is 8.99. The van der Waals surface area contributed by atoms with E-state index in [9.17, 15) is 10.2 Å². The summed E-state index contributed by atoms with van der Waals surface area (Å²) in [6.07, 6.45) is -0.619. The van der Waals surface area contributed by atoms with E-state index in [2.05, 4.69) is 21.7 Å². The number of benzene rings is 2. The largest absolute Gasteiger partial charge is 0.504 e. The fourth-order valence-electron chi connectivity index (χ4n) is 2.81. The second-order valence-electron chi connectivity index (χ2n) is 6.28. The molecule has 0 spiro atoms. The van der Waals surface area contributed by atoms with Crippen molar-refractivity contribution in [3.05, 3.63) is 59.0 Å². The molecule has 0 radical (unpaired) electrons. The summed E-state index contributed by atoms with van der Waals surface area (Å²) < 4.78 is 6.22. The van der Waals surface area contributed by atoms with Crippen molar-refractivity contribution < 1.29 is 14.9 Å². The van der Waals surface area contributed by atoms with Crippen molar-refractivity contribution >= 4 is 51.4 Å². The molecule has 3 aromatic rings. The fourth-order valence-corrected chi connectivity index (χ4v) is 3.86. The molecule has 0 saturated carbocycles. The molecule has 0 amide bonds. The highest BCUT2D eigenvalue weighted by Crippen LogP contribution is 2.29. The van der Waals surface area contributed by atoms with Gasteiger partial charge in [0, 0.05) is 22.7 Å². The quantitative estimate of drug-likeness (QED) is 0.212. The van der Waals surface area contributed by atoms with Gasteiger partial charge in [0.25, 0.3) is 0 Å². The molecular formula is C21H26IN3O3S. The third kappa shape index (κ3) is 6.22. The zero-order chi connectivity index (χ0) is 19.9. The Morgan fingerprint density at radius 1 is 1.17 bits per heavy atom. The third-order valence-corrected chi connectivity index (χ3v) is 5.46. The smallest absolute Gasteiger partial charge is 0.191 e. The van der Waals surface area contributed by atoms with Crippen molar-refractivity contribution in [1.29, 1.82) is 0 Å². The van der Waals surface area contributed by atoms with Gasteiger partial charge < -0.3 is 25.6 Å². The minimum Gasteiger partial charge on any atom is -0.504 e. The normalized spacial score (nSPS) is 12.3. The Morgan fingerprint density at radius 3 is 2.66 bits per heavy atom. The second-order valence-corrected chi connectivity index (χ2v) is 7.40. The zero-order valence-electron chi connectivity index (χ0n) is 16.4. The van der Waals surface area contributed by atoms with Crippen LogP contribution in [0, 0.1) is 0 Å². The van der Waals surface area contributed by atoms with Gasteiger partial charge in [-0.25, -0.2) is 4.99 Å². The molecule has 0 aliphatic carbocycles. The molecule has 0 fully saturated rings. The zero-order valence-corrected chi connectivity index (χ0v) is 19.5. The van der Waals surface area contributed by atoms with Crippen LogP contribution >= 0.6 is 35.3 Å². The highest BCUT2D eigenvalue weighted by molar-refractivity contribution is 14.0. The van der Waals surface area contributed by atoms with E-state index in [4.69, 9.17) is 4.74 Å². The molecule has 3 rings (SSSR count). The van der Waals surface area contributed by atoms with Gasteiger partial charge in [0.2, 0.25) is 0 Å². The topological polar surface area (TPSA) is 86.1 Å². The predicted molar refractivity (Wildman–Crippen MR) is 130 cm³/mol. The molecule has 1 aromatic heterocycles. The summed E-state index contributed by atoms with van der Waals surface area (Å²) in [4.78, 5) is 5.44. The summed E-state index contributed by atoms with van der Waals surface area (Å²) in [5.74, 6) is 1.13. The Hall–Kier alpha value is -2.04. The van der Waals surface area contributed by atoms with Crippen LogP contribution < -0.4 is 15.4 Å². The first kappa shape index (κ1) is 23.2. The molecular weight excluding hydrogens is 501 g/mol. The second kappa shape index (κ2) is 11.2. The van der Waals surface area contributed by atoms with Crippen LogP contribution in [-0.4, -0.2) is 36.4 Å². The molecule has 0 bridgehead atoms. The number of hydrogen-bond donors (Lipinski definition) is 4. The van der Waals surface area contributed by atoms with E-state index in [1.54, 1.807) is 23.5 Å². The third-order valence-electron chi connectivity index (χ3n) is 4.24. The van der Waals surface area contributed by atoms with Crippen LogP contribution in [-0.2, 0) is 6.54 Å². The first-order valence-electron chi connectivity index (χ1n) is 9.15. The molecule has 6 nitrogen and oxygen atoms in total. The number of ether oxygens (including phenoxy) is 1. The summed E-state index contributed by atoms with van der Waals surface area (Å²) >= 11 is 1.60. The molecule has 156 valence electrons. The molecule has 29 heavy (non-hydrogen) atoms. The summed E-state index contributed by atoms with van der Waals surface area (Å²) in [6.45, 7) is 3.44. The molecule has 4 N–H and O–H groups in total. The minimum atomic E-state index is -0.619. The number of thiophene rings is 1. The van der Waals surface area contributed by atoms with Crippen molar-refractivity contribution in [2.45, 2.75) is 19.6 Å². The number of phenols is 1. The molecule has 0 aliphatic heterocycles. The van der Waals surface area contributed by atoms with Crippen LogP contribution in [0.3, 0.4) is 0 Å². The van der Waals surface area contributed by atoms with Gasteiger partial charge in [0.1, 0.15) is 6.10 Å². The lowest BCUT2D eigenvalue weighted by Crippen LogP contribution is -2.39. The van der Waals surface area contributed by atoms with Crippen LogP contribution in [0.2, 0.25) is 0 Å². The van der Waals surface area contributed by atoms with Gasteiger partial charge in [0.15, 0.2) is 17.5 Å². The van der Waals surface area contributed by atoms with E-state index in [0.29, 0.717) is 31.3 Å². The van der Waals surface area contributed by atoms with E-state index >= 15 is 0 Å². The van der Waals surface area contributed by atoms with Gasteiger partial charge >= 0.3 is 0 Å². The number of halogens is 1. The van der Waals surface area contributed by atoms with Gasteiger partial charge in [-0.05, 0) is 42.1 Å². The van der Waals surface area contributed by atoms with E-state index in [1.807, 2.05) is 37.3 Å². The van der Waals surface area contributed by atoms with Crippen molar-refractivity contribution in [2.75, 3.05) is 20.2 Å². The van der Waals surface area contributed by atoms with Crippen LogP contribution in [0.1, 0.15) is 23.5 Å². The Bertz CT molecular complexity index is 928. The maximum Gasteiger partial charge on any atom is 0.191 e. The number of fused-ring (bicyclic) bond motifs is 1. The number of aliphatic hydroxyl groups is 1. The number of aliphatic hydroxyl groups excluding tert-OH is 1. The number of hydrogen-bond acceptors (Lipinski definition) is 5. The lowest BCUT2D eigenvalue weighted by atomic mass is 10.2. The fraction of sp³-hybridized carbons (Fsp3) is 0.286. The SMILES string of the molecule is CCNC(=NCc1ccc(OC)c(O)c1)NCC(O)c1cc2ccccc2s1.I. The molecule has 1 atom stereocenters. The van der Waals surface area contributed by atoms with Crippen molar-refractivity contribution in [1.82, 2.24) is 10.6 Å². The van der Waals surface area contributed by atoms with Gasteiger partial charge in [-0.1, -0.05) is 24.3 Å². The Labute approximate surface area is 191 Å². The number of aliphatic imine (C=N–C) groups is 1. The number of rotatable bonds is 7. The van der Waals surface area contributed by atoms with Gasteiger partial charge in [-0.2, -0.15) is 0 Å².